The smallest absolute Gasteiger partial charge is 0.246 e. The van der Waals surface area contributed by atoms with Crippen molar-refractivity contribution in [2.75, 3.05) is 20.2 Å². The minimum atomic E-state index is -4.14. The Hall–Kier alpha value is -2.85. The van der Waals surface area contributed by atoms with Crippen molar-refractivity contribution in [1.82, 2.24) is 14.4 Å². The van der Waals surface area contributed by atoms with E-state index in [1.807, 2.05) is 6.07 Å². The molecular weight excluding hydrogens is 392 g/mol. The normalized spacial score (nSPS) is 15.4. The van der Waals surface area contributed by atoms with Crippen LogP contribution in [-0.2, 0) is 10.0 Å². The van der Waals surface area contributed by atoms with Gasteiger partial charge in [-0.2, -0.15) is 9.29 Å². The van der Waals surface area contributed by atoms with Gasteiger partial charge in [-0.3, -0.25) is 0 Å². The summed E-state index contributed by atoms with van der Waals surface area (Å²) in [5.41, 5.74) is 0.644. The third-order valence-electron chi connectivity index (χ3n) is 4.50. The Morgan fingerprint density at radius 2 is 1.93 bits per heavy atom. The molecule has 1 saturated heterocycles. The van der Waals surface area contributed by atoms with Crippen LogP contribution in [0.3, 0.4) is 0 Å². The average Bonchev–Trinajstić information content (AvgIpc) is 3.11. The molecule has 0 saturated carbocycles. The van der Waals surface area contributed by atoms with Gasteiger partial charge in [-0.05, 0) is 30.3 Å². The number of rotatable bonds is 5. The number of benzene rings is 2. The summed E-state index contributed by atoms with van der Waals surface area (Å²) in [4.78, 5) is 3.63. The molecule has 7 nitrogen and oxygen atoms in total. The molecular formula is C18H15F2N3O4S. The summed E-state index contributed by atoms with van der Waals surface area (Å²) in [6.45, 7) is 0.0672. The molecule has 1 aromatic heterocycles. The van der Waals surface area contributed by atoms with Crippen LogP contribution >= 0.6 is 0 Å². The van der Waals surface area contributed by atoms with E-state index in [0.29, 0.717) is 23.2 Å². The van der Waals surface area contributed by atoms with Gasteiger partial charge >= 0.3 is 0 Å². The molecule has 10 heteroatoms. The van der Waals surface area contributed by atoms with E-state index in [1.165, 1.54) is 7.11 Å². The van der Waals surface area contributed by atoms with Crippen molar-refractivity contribution in [2.45, 2.75) is 10.8 Å². The lowest BCUT2D eigenvalue weighted by molar-refractivity contribution is 0.216. The maximum absolute atomic E-state index is 13.8. The van der Waals surface area contributed by atoms with Gasteiger partial charge in [0.05, 0.1) is 18.6 Å². The summed E-state index contributed by atoms with van der Waals surface area (Å²) in [5, 5.41) is 3.93. The van der Waals surface area contributed by atoms with E-state index in [4.69, 9.17) is 9.26 Å². The van der Waals surface area contributed by atoms with Crippen molar-refractivity contribution in [3.63, 3.8) is 0 Å². The summed E-state index contributed by atoms with van der Waals surface area (Å²) in [6.07, 6.45) is 0. The van der Waals surface area contributed by atoms with Crippen LogP contribution in [0.5, 0.6) is 5.75 Å². The van der Waals surface area contributed by atoms with Crippen molar-refractivity contribution < 1.29 is 26.5 Å². The minimum absolute atomic E-state index is 0.0336. The van der Waals surface area contributed by atoms with Crippen molar-refractivity contribution in [3.05, 3.63) is 60.0 Å². The molecule has 0 N–H and O–H groups in total. The second-order valence-electron chi connectivity index (χ2n) is 6.25. The average molecular weight is 407 g/mol. The second kappa shape index (κ2) is 6.95. The van der Waals surface area contributed by atoms with Gasteiger partial charge in [0.25, 0.3) is 0 Å². The molecule has 0 unspecified atom stereocenters. The molecule has 1 aliphatic heterocycles. The largest absolute Gasteiger partial charge is 0.496 e. The zero-order chi connectivity index (χ0) is 19.9. The number of para-hydroxylation sites is 1. The number of hydrogen-bond donors (Lipinski definition) is 0. The van der Waals surface area contributed by atoms with E-state index in [-0.39, 0.29) is 24.9 Å². The summed E-state index contributed by atoms with van der Waals surface area (Å²) in [5.74, 6) is -0.981. The fourth-order valence-corrected chi connectivity index (χ4v) is 4.55. The Labute approximate surface area is 159 Å². The van der Waals surface area contributed by atoms with Crippen molar-refractivity contribution in [1.29, 1.82) is 0 Å². The molecule has 1 fully saturated rings. The molecule has 2 aromatic carbocycles. The molecule has 0 bridgehead atoms. The third-order valence-corrected chi connectivity index (χ3v) is 6.34. The highest BCUT2D eigenvalue weighted by Crippen LogP contribution is 2.34. The van der Waals surface area contributed by atoms with E-state index < -0.39 is 26.6 Å². The molecule has 0 radical (unpaired) electrons. The standard InChI is InChI=1S/C18H15F2N3O4S/c1-26-15-5-3-2-4-13(15)17-21-18(27-22-17)11-9-23(10-11)28(24,25)16-8-12(19)6-7-14(16)20/h2-8,11H,9-10H2,1H3. The monoisotopic (exact) mass is 407 g/mol. The number of ether oxygens (including phenoxy) is 1. The molecule has 4 rings (SSSR count). The van der Waals surface area contributed by atoms with Gasteiger partial charge in [0.2, 0.25) is 21.7 Å². The maximum Gasteiger partial charge on any atom is 0.246 e. The zero-order valence-corrected chi connectivity index (χ0v) is 15.5. The van der Waals surface area contributed by atoms with E-state index in [2.05, 4.69) is 10.1 Å². The lowest BCUT2D eigenvalue weighted by atomic mass is 10.0. The predicted molar refractivity (Wildman–Crippen MR) is 94.1 cm³/mol. The molecule has 28 heavy (non-hydrogen) atoms. The number of sulfonamides is 1. The molecule has 0 atom stereocenters. The molecule has 146 valence electrons. The summed E-state index contributed by atoms with van der Waals surface area (Å²) in [6, 6.07) is 9.48. The number of methoxy groups -OCH3 is 1. The lowest BCUT2D eigenvalue weighted by Gasteiger charge is -2.35. The Morgan fingerprint density at radius 1 is 1.18 bits per heavy atom. The number of aromatic nitrogens is 2. The van der Waals surface area contributed by atoms with Crippen LogP contribution in [0.4, 0.5) is 8.78 Å². The first-order chi connectivity index (χ1) is 13.4. The first-order valence-corrected chi connectivity index (χ1v) is 9.76. The Morgan fingerprint density at radius 3 is 2.68 bits per heavy atom. The van der Waals surface area contributed by atoms with Gasteiger partial charge in [0.1, 0.15) is 22.3 Å². The molecule has 1 aliphatic rings. The van der Waals surface area contributed by atoms with Gasteiger partial charge in [0, 0.05) is 13.1 Å². The molecule has 0 aliphatic carbocycles. The van der Waals surface area contributed by atoms with Crippen LogP contribution < -0.4 is 4.74 Å². The quantitative estimate of drug-likeness (QED) is 0.647. The SMILES string of the molecule is COc1ccccc1-c1noc(C2CN(S(=O)(=O)c3cc(F)ccc3F)C2)n1. The van der Waals surface area contributed by atoms with Gasteiger partial charge < -0.3 is 9.26 Å². The maximum atomic E-state index is 13.8. The highest BCUT2D eigenvalue weighted by Gasteiger charge is 2.41. The first kappa shape index (κ1) is 18.5. The number of hydrogen-bond acceptors (Lipinski definition) is 6. The Kier molecular flexibility index (Phi) is 4.60. The van der Waals surface area contributed by atoms with Crippen LogP contribution in [-0.4, -0.2) is 43.1 Å². The predicted octanol–water partition coefficient (Wildman–Crippen LogP) is 2.81. The minimum Gasteiger partial charge on any atom is -0.496 e. The van der Waals surface area contributed by atoms with Crippen LogP contribution in [0.1, 0.15) is 11.8 Å². The van der Waals surface area contributed by atoms with Gasteiger partial charge in [-0.1, -0.05) is 17.3 Å². The van der Waals surface area contributed by atoms with Crippen LogP contribution in [0.25, 0.3) is 11.4 Å². The molecule has 0 amide bonds. The van der Waals surface area contributed by atoms with Crippen molar-refractivity contribution in [3.8, 4) is 17.1 Å². The lowest BCUT2D eigenvalue weighted by Crippen LogP contribution is -2.48. The number of halogens is 2. The Balaban J connectivity index is 1.52. The van der Waals surface area contributed by atoms with Crippen molar-refractivity contribution >= 4 is 10.0 Å². The second-order valence-corrected chi connectivity index (χ2v) is 8.16. The van der Waals surface area contributed by atoms with Gasteiger partial charge in [0.15, 0.2) is 0 Å². The third kappa shape index (κ3) is 3.14. The topological polar surface area (TPSA) is 85.5 Å². The fraction of sp³-hybridized carbons (Fsp3) is 0.222. The van der Waals surface area contributed by atoms with E-state index in [0.717, 1.165) is 16.4 Å². The Bertz CT molecular complexity index is 1130. The summed E-state index contributed by atoms with van der Waals surface area (Å²) >= 11 is 0. The van der Waals surface area contributed by atoms with Crippen LogP contribution in [0, 0.1) is 11.6 Å². The van der Waals surface area contributed by atoms with Gasteiger partial charge in [-0.25, -0.2) is 17.2 Å². The summed E-state index contributed by atoms with van der Waals surface area (Å²) < 4.78 is 63.8. The summed E-state index contributed by atoms with van der Waals surface area (Å²) in [7, 11) is -2.62. The molecule has 0 spiro atoms. The zero-order valence-electron chi connectivity index (χ0n) is 14.7. The van der Waals surface area contributed by atoms with Crippen LogP contribution in [0.2, 0.25) is 0 Å². The number of nitrogens with zero attached hydrogens (tertiary/aromatic N) is 3. The highest BCUT2D eigenvalue weighted by molar-refractivity contribution is 7.89. The van der Waals surface area contributed by atoms with E-state index in [9.17, 15) is 17.2 Å². The van der Waals surface area contributed by atoms with Crippen molar-refractivity contribution in [2.24, 2.45) is 0 Å². The molecule has 2 heterocycles. The van der Waals surface area contributed by atoms with E-state index >= 15 is 0 Å². The first-order valence-electron chi connectivity index (χ1n) is 8.32. The van der Waals surface area contributed by atoms with Gasteiger partial charge in [-0.15, -0.1) is 0 Å². The van der Waals surface area contributed by atoms with Crippen LogP contribution in [0.15, 0.2) is 51.9 Å². The fourth-order valence-electron chi connectivity index (χ4n) is 2.94. The van der Waals surface area contributed by atoms with E-state index in [1.54, 1.807) is 18.2 Å². The highest BCUT2D eigenvalue weighted by atomic mass is 32.2. The molecule has 3 aromatic rings.